The van der Waals surface area contributed by atoms with Gasteiger partial charge in [0.25, 0.3) is 0 Å². The van der Waals surface area contributed by atoms with Crippen LogP contribution in [0.2, 0.25) is 0 Å². The summed E-state index contributed by atoms with van der Waals surface area (Å²) in [6, 6.07) is 0. The maximum absolute atomic E-state index is 13.1. The highest BCUT2D eigenvalue weighted by Crippen LogP contribution is 2.45. The van der Waals surface area contributed by atoms with Gasteiger partial charge >= 0.3 is 39.5 Å². The summed E-state index contributed by atoms with van der Waals surface area (Å²) in [6.07, 6.45) is 78.4. The van der Waals surface area contributed by atoms with Gasteiger partial charge in [0.15, 0.2) is 12.2 Å². The van der Waals surface area contributed by atoms with E-state index in [0.717, 1.165) is 180 Å². The van der Waals surface area contributed by atoms with Crippen LogP contribution in [0.1, 0.15) is 362 Å². The molecule has 0 fully saturated rings. The normalized spacial score (nSPS) is 14.3. The van der Waals surface area contributed by atoms with Gasteiger partial charge in [-0.3, -0.25) is 37.3 Å². The van der Waals surface area contributed by atoms with E-state index in [0.29, 0.717) is 25.7 Å². The Morgan fingerprint density at radius 1 is 0.284 bits per heavy atom. The first-order valence-corrected chi connectivity index (χ1v) is 43.8. The van der Waals surface area contributed by atoms with Crippen LogP contribution in [-0.2, 0) is 65.4 Å². The van der Waals surface area contributed by atoms with E-state index in [1.54, 1.807) is 0 Å². The Labute approximate surface area is 621 Å². The van der Waals surface area contributed by atoms with E-state index >= 15 is 0 Å². The van der Waals surface area contributed by atoms with Gasteiger partial charge in [-0.05, 0) is 116 Å². The number of aliphatic hydroxyl groups is 1. The van der Waals surface area contributed by atoms with Crippen LogP contribution in [0.4, 0.5) is 0 Å². The highest BCUT2D eigenvalue weighted by atomic mass is 31.2. The number of ether oxygens (including phenoxy) is 4. The summed E-state index contributed by atoms with van der Waals surface area (Å²) in [5, 5.41) is 10.6. The van der Waals surface area contributed by atoms with Crippen molar-refractivity contribution in [1.29, 1.82) is 0 Å². The summed E-state index contributed by atoms with van der Waals surface area (Å²) in [5.74, 6) is -2.19. The fourth-order valence-electron chi connectivity index (χ4n) is 11.1. The largest absolute Gasteiger partial charge is 0.472 e. The van der Waals surface area contributed by atoms with Crippen molar-refractivity contribution >= 4 is 39.5 Å². The molecule has 3 N–H and O–H groups in total. The van der Waals surface area contributed by atoms with E-state index in [2.05, 4.69) is 113 Å². The first-order valence-electron chi connectivity index (χ1n) is 40.8. The Kier molecular flexibility index (Phi) is 72.7. The van der Waals surface area contributed by atoms with Gasteiger partial charge < -0.3 is 33.8 Å². The summed E-state index contributed by atoms with van der Waals surface area (Å²) in [6.45, 7) is 4.72. The van der Waals surface area contributed by atoms with E-state index in [9.17, 15) is 43.2 Å². The topological polar surface area (TPSA) is 237 Å². The number of allylic oxidation sites excluding steroid dienone is 14. The van der Waals surface area contributed by atoms with Gasteiger partial charge in [-0.15, -0.1) is 0 Å². The molecule has 0 amide bonds. The summed E-state index contributed by atoms with van der Waals surface area (Å²) in [7, 11) is -9.96. The number of esters is 4. The van der Waals surface area contributed by atoms with Gasteiger partial charge in [0.1, 0.15) is 19.3 Å². The third kappa shape index (κ3) is 74.5. The molecule has 0 heterocycles. The fraction of sp³-hybridized carbons (Fsp3) is 0.783. The molecule has 19 heteroatoms. The Morgan fingerprint density at radius 2 is 0.529 bits per heavy atom. The second kappa shape index (κ2) is 75.5. The molecule has 0 saturated carbocycles. The maximum Gasteiger partial charge on any atom is 0.472 e. The van der Waals surface area contributed by atoms with Crippen LogP contribution >= 0.6 is 15.6 Å². The molecule has 0 aromatic carbocycles. The van der Waals surface area contributed by atoms with Crippen LogP contribution in [0.5, 0.6) is 0 Å². The zero-order valence-corrected chi connectivity index (χ0v) is 66.6. The number of carbonyl (C=O) groups excluding carboxylic acids is 4. The lowest BCUT2D eigenvalue weighted by atomic mass is 10.0. The van der Waals surface area contributed by atoms with Gasteiger partial charge in [0, 0.05) is 25.7 Å². The van der Waals surface area contributed by atoms with Crippen molar-refractivity contribution in [2.45, 2.75) is 380 Å². The van der Waals surface area contributed by atoms with Crippen LogP contribution in [0.3, 0.4) is 0 Å². The van der Waals surface area contributed by atoms with Crippen molar-refractivity contribution in [2.75, 3.05) is 39.6 Å². The van der Waals surface area contributed by atoms with Gasteiger partial charge in [-0.2, -0.15) is 0 Å². The lowest BCUT2D eigenvalue weighted by Crippen LogP contribution is -2.30. The van der Waals surface area contributed by atoms with Gasteiger partial charge in [0.2, 0.25) is 0 Å². The number of carbonyl (C=O) groups is 4. The standard InChI is InChI=1S/C83H148O17P2/c1-5-9-13-17-21-25-29-33-36-37-38-39-42-45-48-52-56-60-64-68-81(86)94-74-79(100-83(88)70-66-62-58-54-50-46-41-35-31-27-23-19-15-11-7-3)76-98-102(91,92)96-72-77(84)71-95-101(89,90)97-75-78(99-82(87)69-65-61-57-53-49-43-32-28-24-20-16-12-8-4)73-93-80(85)67-63-59-55-51-47-44-40-34-30-26-22-18-14-10-6-2/h9,13,16,20-21,25,28,32-34,36,38-40,77-79,84H,5-8,10-12,14-15,17-19,22-24,26-27,29-31,35,37,41-76H2,1-4H3,(H,89,90)(H,91,92)/b13-9-,20-16-,25-21-,32-28-,36-33-,39-38-,40-34-. The molecule has 0 bridgehead atoms. The molecule has 592 valence electrons. The number of aliphatic hydroxyl groups excluding tert-OH is 1. The number of unbranched alkanes of at least 4 members (excludes halogenated alkanes) is 37. The molecule has 0 spiro atoms. The molecule has 0 saturated heterocycles. The lowest BCUT2D eigenvalue weighted by molar-refractivity contribution is -0.161. The first-order chi connectivity index (χ1) is 49.7. The SMILES string of the molecule is CC/C=C\C/C=C\C/C=C\C/C=C\CCCCCCCCC(=O)OCC(COP(=O)(O)OCC(O)COP(=O)(O)OCC(COC(=O)CCCCCCC/C=C\CCCCCCCC)OC(=O)CCCCCCC/C=C\C/C=C\CCC)OC(=O)CCCCCCCCCCCCCCCCC. The van der Waals surface area contributed by atoms with Gasteiger partial charge in [-0.1, -0.05) is 305 Å². The minimum absolute atomic E-state index is 0.0793. The summed E-state index contributed by atoms with van der Waals surface area (Å²) in [5.41, 5.74) is 0. The molecule has 5 atom stereocenters. The van der Waals surface area contributed by atoms with E-state index < -0.39 is 97.5 Å². The molecule has 0 aliphatic rings. The molecular weight excluding hydrogens is 1330 g/mol. The minimum Gasteiger partial charge on any atom is -0.462 e. The van der Waals surface area contributed by atoms with Crippen molar-refractivity contribution in [2.24, 2.45) is 0 Å². The zero-order valence-electron chi connectivity index (χ0n) is 64.8. The number of hydrogen-bond acceptors (Lipinski definition) is 15. The monoisotopic (exact) mass is 1480 g/mol. The van der Waals surface area contributed by atoms with Crippen LogP contribution in [0, 0.1) is 0 Å². The molecule has 5 unspecified atom stereocenters. The van der Waals surface area contributed by atoms with Crippen LogP contribution in [-0.4, -0.2) is 96.7 Å². The quantitative estimate of drug-likeness (QED) is 0.0169. The maximum atomic E-state index is 13.1. The van der Waals surface area contributed by atoms with Crippen molar-refractivity contribution in [3.8, 4) is 0 Å². The molecule has 0 radical (unpaired) electrons. The molecule has 0 aliphatic heterocycles. The lowest BCUT2D eigenvalue weighted by Gasteiger charge is -2.21. The van der Waals surface area contributed by atoms with E-state index in [-0.39, 0.29) is 25.7 Å². The Balaban J connectivity index is 5.34. The molecular formula is C83H148O17P2. The van der Waals surface area contributed by atoms with Crippen LogP contribution < -0.4 is 0 Å². The highest BCUT2D eigenvalue weighted by molar-refractivity contribution is 7.47. The molecule has 17 nitrogen and oxygen atoms in total. The highest BCUT2D eigenvalue weighted by Gasteiger charge is 2.30. The summed E-state index contributed by atoms with van der Waals surface area (Å²) < 4.78 is 68.6. The zero-order chi connectivity index (χ0) is 74.6. The van der Waals surface area contributed by atoms with Crippen molar-refractivity contribution < 1.29 is 80.2 Å². The predicted octanol–water partition coefficient (Wildman–Crippen LogP) is 23.8. The second-order valence-electron chi connectivity index (χ2n) is 27.3. The Bertz CT molecular complexity index is 2260. The third-order valence-electron chi connectivity index (χ3n) is 17.3. The fourth-order valence-corrected chi connectivity index (χ4v) is 12.7. The summed E-state index contributed by atoms with van der Waals surface area (Å²) >= 11 is 0. The Morgan fingerprint density at radius 3 is 0.833 bits per heavy atom. The Hall–Kier alpha value is -3.76. The number of rotatable bonds is 77. The van der Waals surface area contributed by atoms with E-state index in [1.165, 1.54) is 103 Å². The first kappa shape index (κ1) is 98.2. The molecule has 0 aromatic rings. The van der Waals surface area contributed by atoms with Crippen molar-refractivity contribution in [3.63, 3.8) is 0 Å². The minimum atomic E-state index is -4.98. The summed E-state index contributed by atoms with van der Waals surface area (Å²) in [4.78, 5) is 73.0. The van der Waals surface area contributed by atoms with E-state index in [4.69, 9.17) is 37.0 Å². The molecule has 0 rings (SSSR count). The van der Waals surface area contributed by atoms with E-state index in [1.807, 2.05) is 0 Å². The molecule has 0 aromatic heterocycles. The third-order valence-corrected chi connectivity index (χ3v) is 19.2. The van der Waals surface area contributed by atoms with Gasteiger partial charge in [0.05, 0.1) is 26.4 Å². The van der Waals surface area contributed by atoms with Crippen LogP contribution in [0.15, 0.2) is 85.1 Å². The van der Waals surface area contributed by atoms with Crippen molar-refractivity contribution in [3.05, 3.63) is 85.1 Å². The number of phosphoric ester groups is 2. The number of phosphoric acid groups is 2. The van der Waals surface area contributed by atoms with Crippen LogP contribution in [0.25, 0.3) is 0 Å². The smallest absolute Gasteiger partial charge is 0.462 e. The second-order valence-corrected chi connectivity index (χ2v) is 30.2. The average Bonchev–Trinajstić information content (AvgIpc) is 0.924. The average molecular weight is 1480 g/mol. The van der Waals surface area contributed by atoms with Crippen molar-refractivity contribution in [1.82, 2.24) is 0 Å². The predicted molar refractivity (Wildman–Crippen MR) is 418 cm³/mol. The van der Waals surface area contributed by atoms with Gasteiger partial charge in [-0.25, -0.2) is 9.13 Å². The molecule has 0 aliphatic carbocycles. The number of hydrogen-bond donors (Lipinski definition) is 3. The molecule has 102 heavy (non-hydrogen) atoms.